The molecule has 1 rings (SSSR count). The lowest BCUT2D eigenvalue weighted by Gasteiger charge is -2.24. The molecule has 96 valence electrons. The average molecular weight is 341 g/mol. The molecule has 0 N–H and O–H groups in total. The maximum absolute atomic E-state index is 11.8. The predicted molar refractivity (Wildman–Crippen MR) is 74.5 cm³/mol. The molecule has 0 aliphatic heterocycles. The Morgan fingerprint density at radius 2 is 2.06 bits per heavy atom. The van der Waals surface area contributed by atoms with Crippen molar-refractivity contribution in [1.29, 1.82) is 0 Å². The van der Waals surface area contributed by atoms with Gasteiger partial charge in [-0.25, -0.2) is 8.42 Å². The molecule has 0 spiro atoms. The largest absolute Gasteiger partial charge is 0.228 e. The Morgan fingerprint density at radius 1 is 1.41 bits per heavy atom. The summed E-state index contributed by atoms with van der Waals surface area (Å²) >= 11 is 8.85. The van der Waals surface area contributed by atoms with Crippen LogP contribution in [0.25, 0.3) is 0 Å². The normalized spacial score (nSPS) is 12.4. The maximum Gasteiger partial charge on any atom is 0.228 e. The fourth-order valence-electron chi connectivity index (χ4n) is 1.48. The Hall–Kier alpha value is -0.100. The molecule has 3 nitrogen and oxygen atoms in total. The highest BCUT2D eigenvalue weighted by Crippen LogP contribution is 2.17. The molecule has 1 aromatic rings. The maximum atomic E-state index is 11.8. The molecule has 0 saturated heterocycles. The van der Waals surface area contributed by atoms with Crippen LogP contribution >= 0.6 is 27.5 Å². The van der Waals surface area contributed by atoms with Crippen molar-refractivity contribution in [2.75, 3.05) is 5.21 Å². The van der Waals surface area contributed by atoms with Gasteiger partial charge in [0, 0.05) is 17.1 Å². The first-order valence-corrected chi connectivity index (χ1v) is 8.10. The minimum absolute atomic E-state index is 0.113. The zero-order valence-corrected chi connectivity index (χ0v) is 12.9. The molecule has 0 unspecified atom stereocenters. The van der Waals surface area contributed by atoms with E-state index in [4.69, 9.17) is 11.6 Å². The molecule has 0 amide bonds. The summed E-state index contributed by atoms with van der Waals surface area (Å²) in [5.41, 5.74) is 0.932. The first kappa shape index (κ1) is 15.0. The summed E-state index contributed by atoms with van der Waals surface area (Å²) in [6.45, 7) is 4.01. The quantitative estimate of drug-likeness (QED) is 0.772. The lowest BCUT2D eigenvalue weighted by Crippen LogP contribution is -2.36. The van der Waals surface area contributed by atoms with E-state index in [1.165, 1.54) is 4.31 Å². The standard InChI is InChI=1S/C11H15BrClNO2S/c1-9(2)14(17(15,16)8-13)7-10-4-3-5-11(12)6-10/h3-6,9H,7-8H2,1-2H3. The van der Waals surface area contributed by atoms with E-state index in [0.29, 0.717) is 6.54 Å². The number of halogens is 2. The Morgan fingerprint density at radius 3 is 2.53 bits per heavy atom. The van der Waals surface area contributed by atoms with Crippen molar-refractivity contribution in [1.82, 2.24) is 4.31 Å². The third-order valence-corrected chi connectivity index (χ3v) is 5.16. The summed E-state index contributed by atoms with van der Waals surface area (Å²) in [5, 5.41) is -0.390. The van der Waals surface area contributed by atoms with Crippen molar-refractivity contribution >= 4 is 37.6 Å². The second-order valence-electron chi connectivity index (χ2n) is 3.99. The number of hydrogen-bond acceptors (Lipinski definition) is 2. The number of alkyl halides is 1. The highest BCUT2D eigenvalue weighted by Gasteiger charge is 2.23. The van der Waals surface area contributed by atoms with Crippen LogP contribution in [0.5, 0.6) is 0 Å². The Kier molecular flexibility index (Phi) is 5.44. The SMILES string of the molecule is CC(C)N(Cc1cccc(Br)c1)S(=O)(=O)CCl. The highest BCUT2D eigenvalue weighted by atomic mass is 79.9. The number of sulfonamides is 1. The van der Waals surface area contributed by atoms with E-state index in [9.17, 15) is 8.42 Å². The highest BCUT2D eigenvalue weighted by molar-refractivity contribution is 9.10. The van der Waals surface area contributed by atoms with E-state index in [2.05, 4.69) is 15.9 Å². The predicted octanol–water partition coefficient (Wildman–Crippen LogP) is 3.19. The molecule has 1 aromatic carbocycles. The first-order valence-electron chi connectivity index (χ1n) is 5.16. The van der Waals surface area contributed by atoms with Crippen LogP contribution in [-0.2, 0) is 16.6 Å². The second kappa shape index (κ2) is 6.18. The Labute approximate surface area is 116 Å². The summed E-state index contributed by atoms with van der Waals surface area (Å²) in [4.78, 5) is 0. The van der Waals surface area contributed by atoms with Crippen LogP contribution in [0.15, 0.2) is 28.7 Å². The van der Waals surface area contributed by atoms with Gasteiger partial charge in [0.2, 0.25) is 10.0 Å². The van der Waals surface area contributed by atoms with Gasteiger partial charge in [-0.1, -0.05) is 28.1 Å². The number of rotatable bonds is 5. The topological polar surface area (TPSA) is 37.4 Å². The molecular weight excluding hydrogens is 326 g/mol. The molecule has 0 saturated carbocycles. The smallest absolute Gasteiger partial charge is 0.211 e. The Bertz CT molecular complexity index is 476. The summed E-state index contributed by atoms with van der Waals surface area (Å²) in [7, 11) is -3.39. The van der Waals surface area contributed by atoms with Crippen molar-refractivity contribution in [3.63, 3.8) is 0 Å². The molecular formula is C11H15BrClNO2S. The first-order chi connectivity index (χ1) is 7.86. The number of benzene rings is 1. The van der Waals surface area contributed by atoms with E-state index in [1.54, 1.807) is 0 Å². The van der Waals surface area contributed by atoms with Crippen molar-refractivity contribution in [3.8, 4) is 0 Å². The third kappa shape index (κ3) is 4.25. The van der Waals surface area contributed by atoms with Crippen LogP contribution in [0, 0.1) is 0 Å². The number of nitrogens with zero attached hydrogens (tertiary/aromatic N) is 1. The van der Waals surface area contributed by atoms with E-state index in [1.807, 2.05) is 38.1 Å². The zero-order valence-electron chi connectivity index (χ0n) is 9.73. The van der Waals surface area contributed by atoms with Gasteiger partial charge in [0.15, 0.2) is 0 Å². The monoisotopic (exact) mass is 339 g/mol. The third-order valence-electron chi connectivity index (χ3n) is 2.30. The molecule has 17 heavy (non-hydrogen) atoms. The van der Waals surface area contributed by atoms with Gasteiger partial charge in [0.25, 0.3) is 0 Å². The van der Waals surface area contributed by atoms with Crippen LogP contribution in [-0.4, -0.2) is 24.0 Å². The zero-order chi connectivity index (χ0) is 13.1. The molecule has 0 fully saturated rings. The minimum Gasteiger partial charge on any atom is -0.211 e. The van der Waals surface area contributed by atoms with Gasteiger partial charge < -0.3 is 0 Å². The van der Waals surface area contributed by atoms with Gasteiger partial charge in [0.1, 0.15) is 5.21 Å². The molecule has 0 aliphatic carbocycles. The van der Waals surface area contributed by atoms with Crippen LogP contribution in [0.3, 0.4) is 0 Å². The Balaban J connectivity index is 2.96. The second-order valence-corrected chi connectivity index (χ2v) is 7.41. The fourth-order valence-corrected chi connectivity index (χ4v) is 3.42. The van der Waals surface area contributed by atoms with Gasteiger partial charge >= 0.3 is 0 Å². The van der Waals surface area contributed by atoms with Crippen LogP contribution in [0.1, 0.15) is 19.4 Å². The van der Waals surface area contributed by atoms with Crippen molar-refractivity contribution in [2.24, 2.45) is 0 Å². The fraction of sp³-hybridized carbons (Fsp3) is 0.455. The van der Waals surface area contributed by atoms with Gasteiger partial charge in [-0.15, -0.1) is 11.6 Å². The van der Waals surface area contributed by atoms with E-state index >= 15 is 0 Å². The number of hydrogen-bond donors (Lipinski definition) is 0. The molecule has 0 atom stereocenters. The molecule has 6 heteroatoms. The van der Waals surface area contributed by atoms with Gasteiger partial charge in [0.05, 0.1) is 0 Å². The van der Waals surface area contributed by atoms with Crippen LogP contribution < -0.4 is 0 Å². The van der Waals surface area contributed by atoms with Crippen LogP contribution in [0.4, 0.5) is 0 Å². The van der Waals surface area contributed by atoms with Gasteiger partial charge in [-0.05, 0) is 31.5 Å². The van der Waals surface area contributed by atoms with Crippen molar-refractivity contribution in [2.45, 2.75) is 26.4 Å². The van der Waals surface area contributed by atoms with E-state index in [0.717, 1.165) is 10.0 Å². The molecule has 0 radical (unpaired) electrons. The lowest BCUT2D eigenvalue weighted by molar-refractivity contribution is 0.350. The van der Waals surface area contributed by atoms with Crippen molar-refractivity contribution in [3.05, 3.63) is 34.3 Å². The summed E-state index contributed by atoms with van der Waals surface area (Å²) < 4.78 is 26.0. The summed E-state index contributed by atoms with van der Waals surface area (Å²) in [5.74, 6) is 0. The van der Waals surface area contributed by atoms with Gasteiger partial charge in [-0.2, -0.15) is 4.31 Å². The van der Waals surface area contributed by atoms with E-state index < -0.39 is 10.0 Å². The summed E-state index contributed by atoms with van der Waals surface area (Å²) in [6, 6.07) is 7.46. The molecule has 0 heterocycles. The molecule has 0 aromatic heterocycles. The lowest BCUT2D eigenvalue weighted by atomic mass is 10.2. The minimum atomic E-state index is -3.39. The van der Waals surface area contributed by atoms with E-state index in [-0.39, 0.29) is 11.3 Å². The summed E-state index contributed by atoms with van der Waals surface area (Å²) in [6.07, 6.45) is 0. The molecule has 0 aliphatic rings. The average Bonchev–Trinajstić information content (AvgIpc) is 2.25. The van der Waals surface area contributed by atoms with Crippen molar-refractivity contribution < 1.29 is 8.42 Å². The van der Waals surface area contributed by atoms with Gasteiger partial charge in [-0.3, -0.25) is 0 Å². The molecule has 0 bridgehead atoms. The van der Waals surface area contributed by atoms with Crippen LogP contribution in [0.2, 0.25) is 0 Å².